The maximum absolute atomic E-state index is 5.68. The topological polar surface area (TPSA) is 69.2 Å². The third kappa shape index (κ3) is 3.73. The molecule has 1 aliphatic rings. The third-order valence-electron chi connectivity index (χ3n) is 4.77. The lowest BCUT2D eigenvalue weighted by molar-refractivity contribution is 0.171. The summed E-state index contributed by atoms with van der Waals surface area (Å²) >= 11 is 1.68. The average molecular weight is 404 g/mol. The summed E-state index contributed by atoms with van der Waals surface area (Å²) in [6, 6.07) is 12.1. The minimum atomic E-state index is 0.600. The number of anilines is 1. The van der Waals surface area contributed by atoms with Gasteiger partial charge in [0.05, 0.1) is 5.39 Å². The Morgan fingerprint density at radius 1 is 1.00 bits per heavy atom. The molecule has 29 heavy (non-hydrogen) atoms. The predicted octanol–water partition coefficient (Wildman–Crippen LogP) is 4.49. The highest BCUT2D eigenvalue weighted by atomic mass is 32.1. The number of thiophene rings is 1. The number of hydrogen-bond acceptors (Lipinski definition) is 7. The SMILES string of the molecule is Cc1cc2c(NCCc3ccc4c(c3)OCCO4)nc(-c3ccncc3)nc2s1. The van der Waals surface area contributed by atoms with E-state index >= 15 is 0 Å². The van der Waals surface area contributed by atoms with Crippen molar-refractivity contribution in [2.75, 3.05) is 25.1 Å². The number of nitrogens with one attached hydrogen (secondary N) is 1. The molecule has 5 rings (SSSR count). The molecule has 0 fully saturated rings. The van der Waals surface area contributed by atoms with Crippen molar-refractivity contribution in [3.8, 4) is 22.9 Å². The van der Waals surface area contributed by atoms with Gasteiger partial charge in [0.25, 0.3) is 0 Å². The molecular formula is C22H20N4O2S. The van der Waals surface area contributed by atoms with Gasteiger partial charge in [0, 0.05) is 29.4 Å². The van der Waals surface area contributed by atoms with E-state index in [0.29, 0.717) is 19.0 Å². The molecule has 4 heterocycles. The number of ether oxygens (including phenoxy) is 2. The van der Waals surface area contributed by atoms with Gasteiger partial charge in [-0.2, -0.15) is 0 Å². The van der Waals surface area contributed by atoms with Gasteiger partial charge >= 0.3 is 0 Å². The van der Waals surface area contributed by atoms with Gasteiger partial charge in [0.1, 0.15) is 23.9 Å². The van der Waals surface area contributed by atoms with E-state index in [4.69, 9.17) is 19.4 Å². The van der Waals surface area contributed by atoms with Crippen molar-refractivity contribution < 1.29 is 9.47 Å². The van der Waals surface area contributed by atoms with Crippen LogP contribution in [0.1, 0.15) is 10.4 Å². The molecule has 0 saturated heterocycles. The molecule has 6 nitrogen and oxygen atoms in total. The van der Waals surface area contributed by atoms with Crippen LogP contribution < -0.4 is 14.8 Å². The zero-order chi connectivity index (χ0) is 19.6. The van der Waals surface area contributed by atoms with Crippen LogP contribution in [0.2, 0.25) is 0 Å². The molecule has 3 aromatic heterocycles. The van der Waals surface area contributed by atoms with Gasteiger partial charge in [-0.1, -0.05) is 6.07 Å². The third-order valence-corrected chi connectivity index (χ3v) is 5.71. The van der Waals surface area contributed by atoms with Crippen LogP contribution in [-0.4, -0.2) is 34.7 Å². The number of nitrogens with zero attached hydrogens (tertiary/aromatic N) is 3. The van der Waals surface area contributed by atoms with E-state index in [1.165, 1.54) is 10.4 Å². The number of benzene rings is 1. The van der Waals surface area contributed by atoms with Crippen molar-refractivity contribution in [2.24, 2.45) is 0 Å². The first-order chi connectivity index (χ1) is 14.3. The van der Waals surface area contributed by atoms with Gasteiger partial charge in [0.2, 0.25) is 0 Å². The molecule has 7 heteroatoms. The predicted molar refractivity (Wildman–Crippen MR) is 115 cm³/mol. The second kappa shape index (κ2) is 7.67. The first-order valence-corrected chi connectivity index (χ1v) is 10.4. The summed E-state index contributed by atoms with van der Waals surface area (Å²) in [4.78, 5) is 15.8. The Morgan fingerprint density at radius 2 is 1.83 bits per heavy atom. The van der Waals surface area contributed by atoms with E-state index < -0.39 is 0 Å². The number of aryl methyl sites for hydroxylation is 1. The van der Waals surface area contributed by atoms with Crippen LogP contribution >= 0.6 is 11.3 Å². The van der Waals surface area contributed by atoms with E-state index in [-0.39, 0.29) is 0 Å². The van der Waals surface area contributed by atoms with Crippen molar-refractivity contribution >= 4 is 27.4 Å². The normalized spacial score (nSPS) is 12.9. The van der Waals surface area contributed by atoms with Gasteiger partial charge < -0.3 is 14.8 Å². The Morgan fingerprint density at radius 3 is 2.69 bits per heavy atom. The number of aromatic nitrogens is 3. The van der Waals surface area contributed by atoms with Crippen molar-refractivity contribution in [3.05, 3.63) is 59.2 Å². The van der Waals surface area contributed by atoms with E-state index in [0.717, 1.165) is 46.1 Å². The highest BCUT2D eigenvalue weighted by molar-refractivity contribution is 7.18. The molecule has 0 bridgehead atoms. The minimum Gasteiger partial charge on any atom is -0.486 e. The average Bonchev–Trinajstić information content (AvgIpc) is 3.14. The van der Waals surface area contributed by atoms with Crippen LogP contribution in [0.5, 0.6) is 11.5 Å². The molecule has 0 unspecified atom stereocenters. The standard InChI is InChI=1S/C22H20N4O2S/c1-14-12-17-21(25-20(26-22(17)29-14)16-5-7-23-8-6-16)24-9-4-15-2-3-18-19(13-15)28-11-10-27-18/h2-3,5-8,12-13H,4,9-11H2,1H3,(H,24,25,26). The largest absolute Gasteiger partial charge is 0.486 e. The van der Waals surface area contributed by atoms with Crippen molar-refractivity contribution in [2.45, 2.75) is 13.3 Å². The van der Waals surface area contributed by atoms with Gasteiger partial charge in [0.15, 0.2) is 17.3 Å². The fourth-order valence-electron chi connectivity index (χ4n) is 3.38. The summed E-state index contributed by atoms with van der Waals surface area (Å²) in [5, 5.41) is 4.57. The van der Waals surface area contributed by atoms with Crippen LogP contribution in [0.3, 0.4) is 0 Å². The summed E-state index contributed by atoms with van der Waals surface area (Å²) < 4.78 is 11.3. The van der Waals surface area contributed by atoms with Gasteiger partial charge in [-0.15, -0.1) is 11.3 Å². The fourth-order valence-corrected chi connectivity index (χ4v) is 4.25. The molecule has 1 aliphatic heterocycles. The van der Waals surface area contributed by atoms with Crippen molar-refractivity contribution in [1.29, 1.82) is 0 Å². The second-order valence-electron chi connectivity index (χ2n) is 6.86. The fraction of sp³-hybridized carbons (Fsp3) is 0.227. The van der Waals surface area contributed by atoms with Crippen LogP contribution in [0, 0.1) is 6.92 Å². The first kappa shape index (κ1) is 17.9. The monoisotopic (exact) mass is 404 g/mol. The quantitative estimate of drug-likeness (QED) is 0.529. The Bertz CT molecular complexity index is 1160. The number of hydrogen-bond donors (Lipinski definition) is 1. The smallest absolute Gasteiger partial charge is 0.163 e. The minimum absolute atomic E-state index is 0.600. The molecule has 4 aromatic rings. The summed E-state index contributed by atoms with van der Waals surface area (Å²) in [5.74, 6) is 3.22. The van der Waals surface area contributed by atoms with Crippen molar-refractivity contribution in [1.82, 2.24) is 15.0 Å². The van der Waals surface area contributed by atoms with Gasteiger partial charge in [-0.05, 0) is 49.2 Å². The van der Waals surface area contributed by atoms with Crippen LogP contribution in [-0.2, 0) is 6.42 Å². The zero-order valence-corrected chi connectivity index (χ0v) is 16.8. The molecule has 0 atom stereocenters. The highest BCUT2D eigenvalue weighted by Gasteiger charge is 2.13. The lowest BCUT2D eigenvalue weighted by atomic mass is 10.1. The van der Waals surface area contributed by atoms with E-state index in [1.54, 1.807) is 23.7 Å². The Labute approximate surface area is 172 Å². The zero-order valence-electron chi connectivity index (χ0n) is 16.0. The second-order valence-corrected chi connectivity index (χ2v) is 8.10. The maximum atomic E-state index is 5.68. The molecule has 1 aromatic carbocycles. The lowest BCUT2D eigenvalue weighted by Crippen LogP contribution is -2.15. The Balaban J connectivity index is 1.38. The number of fused-ring (bicyclic) bond motifs is 2. The summed E-state index contributed by atoms with van der Waals surface area (Å²) in [6.07, 6.45) is 4.38. The van der Waals surface area contributed by atoms with E-state index in [2.05, 4.69) is 35.4 Å². The Hall–Kier alpha value is -3.19. The Kier molecular flexibility index (Phi) is 4.73. The van der Waals surface area contributed by atoms with Gasteiger partial charge in [-0.25, -0.2) is 9.97 Å². The van der Waals surface area contributed by atoms with Crippen LogP contribution in [0.15, 0.2) is 48.8 Å². The van der Waals surface area contributed by atoms with E-state index in [1.807, 2.05) is 18.2 Å². The van der Waals surface area contributed by atoms with Crippen LogP contribution in [0.4, 0.5) is 5.82 Å². The maximum Gasteiger partial charge on any atom is 0.163 e. The summed E-state index contributed by atoms with van der Waals surface area (Å²) in [6.45, 7) is 4.06. The lowest BCUT2D eigenvalue weighted by Gasteiger charge is -2.19. The number of rotatable bonds is 5. The molecule has 146 valence electrons. The molecule has 0 radical (unpaired) electrons. The molecule has 0 spiro atoms. The highest BCUT2D eigenvalue weighted by Crippen LogP contribution is 2.32. The molecule has 0 amide bonds. The van der Waals surface area contributed by atoms with Crippen molar-refractivity contribution in [3.63, 3.8) is 0 Å². The molecule has 1 N–H and O–H groups in total. The summed E-state index contributed by atoms with van der Waals surface area (Å²) in [5.41, 5.74) is 2.16. The molecule has 0 aliphatic carbocycles. The molecular weight excluding hydrogens is 384 g/mol. The van der Waals surface area contributed by atoms with E-state index in [9.17, 15) is 0 Å². The van der Waals surface area contributed by atoms with Gasteiger partial charge in [-0.3, -0.25) is 4.98 Å². The first-order valence-electron chi connectivity index (χ1n) is 9.57. The molecule has 0 saturated carbocycles. The van der Waals surface area contributed by atoms with Crippen LogP contribution in [0.25, 0.3) is 21.6 Å². The summed E-state index contributed by atoms with van der Waals surface area (Å²) in [7, 11) is 0. The number of pyridine rings is 1.